The number of aromatic nitrogens is 5. The third-order valence-corrected chi connectivity index (χ3v) is 4.37. The Morgan fingerprint density at radius 2 is 2.04 bits per heavy atom. The molecule has 1 aromatic carbocycles. The number of nitrogens with zero attached hydrogens (tertiary/aromatic N) is 6. The van der Waals surface area contributed by atoms with E-state index in [2.05, 4.69) is 26.5 Å². The lowest BCUT2D eigenvalue weighted by Crippen LogP contribution is -2.07. The van der Waals surface area contributed by atoms with Crippen LogP contribution in [0.1, 0.15) is 16.8 Å². The van der Waals surface area contributed by atoms with Gasteiger partial charge in [-0.2, -0.15) is 15.0 Å². The van der Waals surface area contributed by atoms with Crippen LogP contribution in [-0.2, 0) is 0 Å². The first-order chi connectivity index (χ1) is 13.6. The molecule has 1 N–H and O–H groups in total. The van der Waals surface area contributed by atoms with Crippen molar-refractivity contribution in [3.05, 3.63) is 59.7 Å². The molecular weight excluding hydrogens is 354 g/mol. The summed E-state index contributed by atoms with van der Waals surface area (Å²) in [4.78, 5) is 13.0. The van der Waals surface area contributed by atoms with Crippen LogP contribution in [0.15, 0.2) is 42.9 Å². The van der Waals surface area contributed by atoms with Gasteiger partial charge in [0.1, 0.15) is 35.0 Å². The van der Waals surface area contributed by atoms with E-state index in [1.165, 1.54) is 12.5 Å². The molecule has 8 heteroatoms. The maximum absolute atomic E-state index is 9.50. The van der Waals surface area contributed by atoms with Gasteiger partial charge in [0.2, 0.25) is 0 Å². The van der Waals surface area contributed by atoms with Crippen molar-refractivity contribution in [1.82, 2.24) is 24.7 Å². The van der Waals surface area contributed by atoms with E-state index in [4.69, 9.17) is 9.72 Å². The quantitative estimate of drug-likeness (QED) is 0.586. The van der Waals surface area contributed by atoms with Crippen molar-refractivity contribution < 1.29 is 4.74 Å². The van der Waals surface area contributed by atoms with Crippen LogP contribution in [0.4, 0.5) is 11.6 Å². The van der Waals surface area contributed by atoms with E-state index < -0.39 is 0 Å². The number of rotatable bonds is 4. The second kappa shape index (κ2) is 6.96. The van der Waals surface area contributed by atoms with Gasteiger partial charge in [-0.3, -0.25) is 0 Å². The zero-order valence-electron chi connectivity index (χ0n) is 15.6. The normalized spacial score (nSPS) is 10.6. The Hall–Kier alpha value is -3.99. The molecule has 0 aliphatic carbocycles. The van der Waals surface area contributed by atoms with Crippen molar-refractivity contribution >= 4 is 22.5 Å². The monoisotopic (exact) mass is 371 g/mol. The number of benzene rings is 1. The van der Waals surface area contributed by atoms with E-state index in [1.54, 1.807) is 17.9 Å². The van der Waals surface area contributed by atoms with Gasteiger partial charge >= 0.3 is 0 Å². The summed E-state index contributed by atoms with van der Waals surface area (Å²) in [7, 11) is 1.62. The lowest BCUT2D eigenvalue weighted by Gasteiger charge is -2.12. The molecule has 0 unspecified atom stereocenters. The van der Waals surface area contributed by atoms with E-state index in [9.17, 15) is 5.26 Å². The molecule has 4 rings (SSSR count). The number of para-hydroxylation sites is 1. The molecule has 4 aromatic rings. The second-order valence-corrected chi connectivity index (χ2v) is 6.25. The Balaban J connectivity index is 1.88. The van der Waals surface area contributed by atoms with E-state index in [-0.39, 0.29) is 0 Å². The summed E-state index contributed by atoms with van der Waals surface area (Å²) in [5.74, 6) is 2.31. The highest BCUT2D eigenvalue weighted by Gasteiger charge is 2.16. The zero-order chi connectivity index (χ0) is 19.7. The van der Waals surface area contributed by atoms with Crippen molar-refractivity contribution in [2.75, 3.05) is 12.4 Å². The minimum absolute atomic E-state index is 0.385. The molecule has 0 spiro atoms. The summed E-state index contributed by atoms with van der Waals surface area (Å²) >= 11 is 0. The van der Waals surface area contributed by atoms with Crippen LogP contribution >= 0.6 is 0 Å². The first-order valence-corrected chi connectivity index (χ1v) is 8.59. The molecule has 28 heavy (non-hydrogen) atoms. The van der Waals surface area contributed by atoms with Gasteiger partial charge in [0, 0.05) is 17.1 Å². The number of anilines is 2. The van der Waals surface area contributed by atoms with E-state index in [0.29, 0.717) is 28.8 Å². The number of nitriles is 1. The molecule has 0 atom stereocenters. The molecule has 8 nitrogen and oxygen atoms in total. The van der Waals surface area contributed by atoms with Gasteiger partial charge in [-0.1, -0.05) is 12.1 Å². The maximum Gasteiger partial charge on any atom is 0.156 e. The highest BCUT2D eigenvalue weighted by molar-refractivity contribution is 5.88. The second-order valence-electron chi connectivity index (χ2n) is 6.25. The molecule has 0 aliphatic rings. The Kier molecular flexibility index (Phi) is 4.33. The number of fused-ring (bicyclic) bond motifs is 1. The molecule has 3 heterocycles. The molecule has 138 valence electrons. The van der Waals surface area contributed by atoms with Gasteiger partial charge in [-0.05, 0) is 31.5 Å². The number of hydrogen-bond acceptors (Lipinski definition) is 7. The number of pyridine rings is 1. The lowest BCUT2D eigenvalue weighted by atomic mass is 10.1. The fourth-order valence-corrected chi connectivity index (χ4v) is 3.02. The van der Waals surface area contributed by atoms with Crippen LogP contribution < -0.4 is 10.1 Å². The first kappa shape index (κ1) is 17.4. The third kappa shape index (κ3) is 2.99. The highest BCUT2D eigenvalue weighted by atomic mass is 16.5. The molecular formula is C20H17N7O. The van der Waals surface area contributed by atoms with Gasteiger partial charge in [0.05, 0.1) is 13.3 Å². The fraction of sp³-hybridized carbons (Fsp3) is 0.150. The van der Waals surface area contributed by atoms with Gasteiger partial charge in [-0.25, -0.2) is 15.0 Å². The minimum Gasteiger partial charge on any atom is -0.494 e. The van der Waals surface area contributed by atoms with Crippen molar-refractivity contribution in [3.8, 4) is 17.6 Å². The van der Waals surface area contributed by atoms with Crippen LogP contribution in [0.5, 0.6) is 5.75 Å². The predicted molar refractivity (Wildman–Crippen MR) is 105 cm³/mol. The Morgan fingerprint density at radius 1 is 1.18 bits per heavy atom. The topological polar surface area (TPSA) is 102 Å². The molecule has 0 aliphatic heterocycles. The summed E-state index contributed by atoms with van der Waals surface area (Å²) in [6.45, 7) is 3.87. The number of hydrogen-bond donors (Lipinski definition) is 1. The Labute approximate surface area is 161 Å². The molecule has 0 amide bonds. The molecule has 0 bridgehead atoms. The summed E-state index contributed by atoms with van der Waals surface area (Å²) in [6.07, 6.45) is 2.97. The van der Waals surface area contributed by atoms with Gasteiger partial charge in [0.25, 0.3) is 0 Å². The Morgan fingerprint density at radius 3 is 2.79 bits per heavy atom. The summed E-state index contributed by atoms with van der Waals surface area (Å²) < 4.78 is 7.05. The standard InChI is InChI=1S/C20H17N7O/c1-12-7-18(26-19-15(12)5-4-6-16(19)28-3)27-20(14(9-21)10-24-27)25-17-8-13(2)22-11-23-17/h4-8,10-11H,1-3H3,(H,22,23,25). The van der Waals surface area contributed by atoms with Crippen LogP contribution in [0.25, 0.3) is 16.7 Å². The third-order valence-electron chi connectivity index (χ3n) is 4.37. The minimum atomic E-state index is 0.385. The summed E-state index contributed by atoms with van der Waals surface area (Å²) in [5.41, 5.74) is 2.96. The molecule has 0 radical (unpaired) electrons. The molecule has 0 saturated carbocycles. The fourth-order valence-electron chi connectivity index (χ4n) is 3.02. The highest BCUT2D eigenvalue weighted by Crippen LogP contribution is 2.29. The van der Waals surface area contributed by atoms with Crippen LogP contribution in [0.3, 0.4) is 0 Å². The first-order valence-electron chi connectivity index (χ1n) is 8.59. The summed E-state index contributed by atoms with van der Waals surface area (Å²) in [6, 6.07) is 11.7. The van der Waals surface area contributed by atoms with E-state index in [1.807, 2.05) is 38.1 Å². The van der Waals surface area contributed by atoms with Gasteiger partial charge in [-0.15, -0.1) is 0 Å². The van der Waals surface area contributed by atoms with Gasteiger partial charge < -0.3 is 10.1 Å². The number of ether oxygens (including phenoxy) is 1. The SMILES string of the molecule is COc1cccc2c(C)cc(-n3ncc(C#N)c3Nc3cc(C)ncn3)nc12. The number of nitrogens with one attached hydrogen (secondary N) is 1. The largest absolute Gasteiger partial charge is 0.494 e. The lowest BCUT2D eigenvalue weighted by molar-refractivity contribution is 0.419. The van der Waals surface area contributed by atoms with Gasteiger partial charge in [0.15, 0.2) is 11.6 Å². The number of methoxy groups -OCH3 is 1. The number of aryl methyl sites for hydroxylation is 2. The average Bonchev–Trinajstić information content (AvgIpc) is 3.10. The zero-order valence-corrected chi connectivity index (χ0v) is 15.6. The Bertz CT molecular complexity index is 1220. The smallest absolute Gasteiger partial charge is 0.156 e. The van der Waals surface area contributed by atoms with Crippen LogP contribution in [-0.4, -0.2) is 31.8 Å². The summed E-state index contributed by atoms with van der Waals surface area (Å²) in [5, 5.41) is 18.0. The van der Waals surface area contributed by atoms with Crippen LogP contribution in [0, 0.1) is 25.2 Å². The predicted octanol–water partition coefficient (Wildman–Crippen LogP) is 3.45. The molecule has 0 fully saturated rings. The average molecular weight is 371 g/mol. The molecule has 3 aromatic heterocycles. The van der Waals surface area contributed by atoms with Crippen molar-refractivity contribution in [2.24, 2.45) is 0 Å². The van der Waals surface area contributed by atoms with Crippen molar-refractivity contribution in [2.45, 2.75) is 13.8 Å². The molecule has 0 saturated heterocycles. The van der Waals surface area contributed by atoms with Crippen LogP contribution in [0.2, 0.25) is 0 Å². The van der Waals surface area contributed by atoms with E-state index >= 15 is 0 Å². The maximum atomic E-state index is 9.50. The van der Waals surface area contributed by atoms with Crippen molar-refractivity contribution in [1.29, 1.82) is 5.26 Å². The van der Waals surface area contributed by atoms with E-state index in [0.717, 1.165) is 22.2 Å². The van der Waals surface area contributed by atoms with Crippen molar-refractivity contribution in [3.63, 3.8) is 0 Å².